The van der Waals surface area contributed by atoms with Crippen LogP contribution in [0.1, 0.15) is 19.7 Å². The molecule has 0 saturated carbocycles. The van der Waals surface area contributed by atoms with Gasteiger partial charge in [-0.25, -0.2) is 4.98 Å². The molecule has 0 aliphatic rings. The summed E-state index contributed by atoms with van der Waals surface area (Å²) in [6.45, 7) is 4.12. The summed E-state index contributed by atoms with van der Waals surface area (Å²) < 4.78 is 1.88. The average Bonchev–Trinajstić information content (AvgIpc) is 2.60. The topological polar surface area (TPSA) is 59.0 Å². The molecular weight excluding hydrogens is 192 g/mol. The van der Waals surface area contributed by atoms with Gasteiger partial charge in [0.15, 0.2) is 0 Å². The second-order valence-electron chi connectivity index (χ2n) is 4.01. The zero-order chi connectivity index (χ0) is 11.5. The molecule has 0 unspecified atom stereocenters. The quantitative estimate of drug-likeness (QED) is 0.737. The minimum atomic E-state index is -0.550. The van der Waals surface area contributed by atoms with Crippen LogP contribution in [0.2, 0.25) is 0 Å². The summed E-state index contributed by atoms with van der Waals surface area (Å²) in [5.41, 5.74) is -0.550. The van der Waals surface area contributed by atoms with Crippen LogP contribution in [0.15, 0.2) is 12.4 Å². The number of likely N-dealkylation sites (N-methyl/N-ethyl adjacent to an activating group) is 1. The largest absolute Gasteiger partial charge is 0.347 e. The smallest absolute Gasteiger partial charge is 0.240 e. The molecule has 0 atom stereocenters. The zero-order valence-electron chi connectivity index (χ0n) is 9.66. The predicted molar refractivity (Wildman–Crippen MR) is 58.2 cm³/mol. The van der Waals surface area contributed by atoms with Gasteiger partial charge in [-0.3, -0.25) is 4.79 Å². The minimum absolute atomic E-state index is 0.0343. The number of aryl methyl sites for hydroxylation is 1. The van der Waals surface area contributed by atoms with E-state index in [1.54, 1.807) is 13.2 Å². The van der Waals surface area contributed by atoms with E-state index in [9.17, 15) is 4.79 Å². The second kappa shape index (κ2) is 4.44. The number of hydrogen-bond donors (Lipinski definition) is 2. The standard InChI is InChI=1S/C10H18N4O/c1-10(2,11-3)9(15)13-7-8-12-5-6-14(8)4/h5-6,11H,7H2,1-4H3,(H,13,15). The van der Waals surface area contributed by atoms with Gasteiger partial charge in [-0.15, -0.1) is 0 Å². The first-order chi connectivity index (χ1) is 6.97. The Kier molecular flexibility index (Phi) is 3.47. The van der Waals surface area contributed by atoms with Crippen LogP contribution in [-0.2, 0) is 18.4 Å². The van der Waals surface area contributed by atoms with Gasteiger partial charge in [-0.1, -0.05) is 0 Å². The molecule has 0 aromatic carbocycles. The predicted octanol–water partition coefficient (Wildman–Crippen LogP) is 0.0343. The van der Waals surface area contributed by atoms with E-state index >= 15 is 0 Å². The summed E-state index contributed by atoms with van der Waals surface area (Å²) >= 11 is 0. The van der Waals surface area contributed by atoms with Crippen molar-refractivity contribution in [2.45, 2.75) is 25.9 Å². The minimum Gasteiger partial charge on any atom is -0.347 e. The Morgan fingerprint density at radius 3 is 2.73 bits per heavy atom. The van der Waals surface area contributed by atoms with Crippen molar-refractivity contribution in [1.29, 1.82) is 0 Å². The van der Waals surface area contributed by atoms with Crippen molar-refractivity contribution in [3.63, 3.8) is 0 Å². The van der Waals surface area contributed by atoms with Gasteiger partial charge in [0.1, 0.15) is 5.82 Å². The molecule has 84 valence electrons. The lowest BCUT2D eigenvalue weighted by molar-refractivity contribution is -0.126. The Morgan fingerprint density at radius 2 is 2.27 bits per heavy atom. The van der Waals surface area contributed by atoms with E-state index in [1.165, 1.54) is 0 Å². The highest BCUT2D eigenvalue weighted by Gasteiger charge is 2.24. The average molecular weight is 210 g/mol. The lowest BCUT2D eigenvalue weighted by Crippen LogP contribution is -2.50. The first kappa shape index (κ1) is 11.7. The molecule has 15 heavy (non-hydrogen) atoms. The van der Waals surface area contributed by atoms with E-state index < -0.39 is 5.54 Å². The number of nitrogens with zero attached hydrogens (tertiary/aromatic N) is 2. The number of hydrogen-bond acceptors (Lipinski definition) is 3. The van der Waals surface area contributed by atoms with Crippen molar-refractivity contribution in [1.82, 2.24) is 20.2 Å². The van der Waals surface area contributed by atoms with E-state index in [1.807, 2.05) is 31.7 Å². The van der Waals surface area contributed by atoms with Crippen LogP contribution in [0, 0.1) is 0 Å². The van der Waals surface area contributed by atoms with Crippen LogP contribution in [0.3, 0.4) is 0 Å². The third kappa shape index (κ3) is 2.79. The van der Waals surface area contributed by atoms with Crippen LogP contribution in [0.5, 0.6) is 0 Å². The number of imidazole rings is 1. The lowest BCUT2D eigenvalue weighted by Gasteiger charge is -2.22. The van der Waals surface area contributed by atoms with E-state index in [0.717, 1.165) is 5.82 Å². The van der Waals surface area contributed by atoms with Gasteiger partial charge in [-0.05, 0) is 20.9 Å². The number of rotatable bonds is 4. The van der Waals surface area contributed by atoms with Crippen molar-refractivity contribution < 1.29 is 4.79 Å². The monoisotopic (exact) mass is 210 g/mol. The Labute approximate surface area is 89.9 Å². The summed E-state index contributed by atoms with van der Waals surface area (Å²) in [4.78, 5) is 15.8. The van der Waals surface area contributed by atoms with Crippen molar-refractivity contribution in [2.24, 2.45) is 7.05 Å². The molecule has 5 heteroatoms. The Balaban J connectivity index is 2.52. The lowest BCUT2D eigenvalue weighted by atomic mass is 10.1. The van der Waals surface area contributed by atoms with Crippen molar-refractivity contribution in [2.75, 3.05) is 7.05 Å². The van der Waals surface area contributed by atoms with E-state index in [0.29, 0.717) is 6.54 Å². The molecular formula is C10H18N4O. The van der Waals surface area contributed by atoms with Gasteiger partial charge in [0.2, 0.25) is 5.91 Å². The highest BCUT2D eigenvalue weighted by Crippen LogP contribution is 2.01. The van der Waals surface area contributed by atoms with Crippen molar-refractivity contribution in [3.05, 3.63) is 18.2 Å². The highest BCUT2D eigenvalue weighted by atomic mass is 16.2. The maximum absolute atomic E-state index is 11.7. The maximum atomic E-state index is 11.7. The van der Waals surface area contributed by atoms with Gasteiger partial charge in [0.25, 0.3) is 0 Å². The third-order valence-corrected chi connectivity index (χ3v) is 2.52. The first-order valence-corrected chi connectivity index (χ1v) is 4.91. The fourth-order valence-corrected chi connectivity index (χ4v) is 1.06. The zero-order valence-corrected chi connectivity index (χ0v) is 9.66. The van der Waals surface area contributed by atoms with E-state index in [2.05, 4.69) is 15.6 Å². The molecule has 1 aromatic rings. The highest BCUT2D eigenvalue weighted by molar-refractivity contribution is 5.85. The van der Waals surface area contributed by atoms with E-state index in [-0.39, 0.29) is 5.91 Å². The second-order valence-corrected chi connectivity index (χ2v) is 4.01. The number of carbonyl (C=O) groups is 1. The molecule has 5 nitrogen and oxygen atoms in total. The Morgan fingerprint density at radius 1 is 1.60 bits per heavy atom. The van der Waals surface area contributed by atoms with Crippen LogP contribution in [0.4, 0.5) is 0 Å². The van der Waals surface area contributed by atoms with Crippen LogP contribution in [0.25, 0.3) is 0 Å². The molecule has 2 N–H and O–H groups in total. The van der Waals surface area contributed by atoms with Gasteiger partial charge >= 0.3 is 0 Å². The summed E-state index contributed by atoms with van der Waals surface area (Å²) in [6.07, 6.45) is 3.56. The molecule has 0 radical (unpaired) electrons. The van der Waals surface area contributed by atoms with Gasteiger partial charge in [0, 0.05) is 19.4 Å². The molecule has 1 amide bonds. The normalized spacial score (nSPS) is 11.5. The van der Waals surface area contributed by atoms with Crippen LogP contribution >= 0.6 is 0 Å². The molecule has 0 spiro atoms. The van der Waals surface area contributed by atoms with Gasteiger partial charge in [-0.2, -0.15) is 0 Å². The van der Waals surface area contributed by atoms with E-state index in [4.69, 9.17) is 0 Å². The fraction of sp³-hybridized carbons (Fsp3) is 0.600. The first-order valence-electron chi connectivity index (χ1n) is 4.91. The molecule has 1 rings (SSSR count). The summed E-state index contributed by atoms with van der Waals surface area (Å²) in [5.74, 6) is 0.809. The molecule has 0 aliphatic heterocycles. The molecule has 1 aromatic heterocycles. The molecule has 0 saturated heterocycles. The molecule has 0 bridgehead atoms. The number of nitrogens with one attached hydrogen (secondary N) is 2. The number of aromatic nitrogens is 2. The summed E-state index contributed by atoms with van der Waals surface area (Å²) in [7, 11) is 3.66. The van der Waals surface area contributed by atoms with Crippen LogP contribution < -0.4 is 10.6 Å². The van der Waals surface area contributed by atoms with Gasteiger partial charge in [0.05, 0.1) is 12.1 Å². The van der Waals surface area contributed by atoms with Crippen LogP contribution in [-0.4, -0.2) is 28.0 Å². The summed E-state index contributed by atoms with van der Waals surface area (Å²) in [5, 5.41) is 5.78. The fourth-order valence-electron chi connectivity index (χ4n) is 1.06. The van der Waals surface area contributed by atoms with Gasteiger partial charge < -0.3 is 15.2 Å². The Bertz CT molecular complexity index is 343. The Hall–Kier alpha value is -1.36. The summed E-state index contributed by atoms with van der Waals surface area (Å²) in [6, 6.07) is 0. The SMILES string of the molecule is CNC(C)(C)C(=O)NCc1nccn1C. The van der Waals surface area contributed by atoms with Crippen molar-refractivity contribution in [3.8, 4) is 0 Å². The maximum Gasteiger partial charge on any atom is 0.240 e. The molecule has 1 heterocycles. The number of amides is 1. The molecule has 0 aliphatic carbocycles. The van der Waals surface area contributed by atoms with Crippen molar-refractivity contribution >= 4 is 5.91 Å². The third-order valence-electron chi connectivity index (χ3n) is 2.52. The molecule has 0 fully saturated rings. The number of carbonyl (C=O) groups excluding carboxylic acids is 1.